The van der Waals surface area contributed by atoms with Crippen LogP contribution in [0.25, 0.3) is 0 Å². The average molecular weight is 480 g/mol. The molecular formula is C23H26ClNO4S2. The normalized spacial score (nSPS) is 22.5. The first-order valence-corrected chi connectivity index (χ1v) is 13.7. The van der Waals surface area contributed by atoms with Gasteiger partial charge in [-0.2, -0.15) is 0 Å². The van der Waals surface area contributed by atoms with Crippen LogP contribution in [-0.4, -0.2) is 56.0 Å². The average Bonchev–Trinajstić information content (AvgIpc) is 3.40. The molecule has 2 aliphatic rings. The van der Waals surface area contributed by atoms with E-state index in [1.165, 1.54) is 0 Å². The smallest absolute Gasteiger partial charge is 0.254 e. The van der Waals surface area contributed by atoms with Gasteiger partial charge in [-0.15, -0.1) is 11.8 Å². The standard InChI is InChI=1S/C23H26ClNO4S2/c24-19-7-9-22(10-8-19)30-15-17-3-5-18(6-4-17)23(26)25(14-21-2-1-12-29-21)20-11-13-31(27,28)16-20/h3-10,20-21H,1-2,11-16H2. The van der Waals surface area contributed by atoms with E-state index in [9.17, 15) is 13.2 Å². The van der Waals surface area contributed by atoms with Crippen molar-refractivity contribution in [1.82, 2.24) is 4.90 Å². The van der Waals surface area contributed by atoms with Crippen LogP contribution in [0.3, 0.4) is 0 Å². The Morgan fingerprint density at radius 3 is 2.45 bits per heavy atom. The monoisotopic (exact) mass is 479 g/mol. The molecule has 0 spiro atoms. The van der Waals surface area contributed by atoms with Crippen molar-refractivity contribution in [3.05, 3.63) is 64.7 Å². The molecule has 2 aromatic rings. The molecule has 2 unspecified atom stereocenters. The van der Waals surface area contributed by atoms with Crippen molar-refractivity contribution in [3.63, 3.8) is 0 Å². The molecule has 0 aliphatic carbocycles. The van der Waals surface area contributed by atoms with Crippen molar-refractivity contribution in [2.45, 2.75) is 42.1 Å². The fourth-order valence-electron chi connectivity index (χ4n) is 4.03. The van der Waals surface area contributed by atoms with Crippen molar-refractivity contribution in [3.8, 4) is 0 Å². The van der Waals surface area contributed by atoms with Crippen LogP contribution in [0.15, 0.2) is 53.4 Å². The molecule has 1 amide bonds. The lowest BCUT2D eigenvalue weighted by molar-refractivity contribution is 0.0441. The number of rotatable bonds is 7. The number of amides is 1. The lowest BCUT2D eigenvalue weighted by Crippen LogP contribution is -2.45. The van der Waals surface area contributed by atoms with E-state index in [1.54, 1.807) is 16.7 Å². The summed E-state index contributed by atoms with van der Waals surface area (Å²) in [6, 6.07) is 15.1. The number of halogens is 1. The Hall–Kier alpha value is -1.54. The molecule has 5 nitrogen and oxygen atoms in total. The summed E-state index contributed by atoms with van der Waals surface area (Å²) in [5.74, 6) is 0.862. The Morgan fingerprint density at radius 1 is 1.10 bits per heavy atom. The molecule has 2 saturated heterocycles. The first-order valence-electron chi connectivity index (χ1n) is 10.5. The highest BCUT2D eigenvalue weighted by Gasteiger charge is 2.36. The third-order valence-corrected chi connectivity index (χ3v) is 8.84. The SMILES string of the molecule is O=C(c1ccc(CSc2ccc(Cl)cc2)cc1)N(CC1CCCO1)C1CCS(=O)(=O)C1. The lowest BCUT2D eigenvalue weighted by Gasteiger charge is -2.30. The third-order valence-electron chi connectivity index (χ3n) is 5.75. The predicted molar refractivity (Wildman–Crippen MR) is 125 cm³/mol. The van der Waals surface area contributed by atoms with E-state index in [2.05, 4.69) is 0 Å². The van der Waals surface area contributed by atoms with E-state index in [1.807, 2.05) is 48.5 Å². The Balaban J connectivity index is 1.43. The summed E-state index contributed by atoms with van der Waals surface area (Å²) in [6.45, 7) is 1.16. The second kappa shape index (κ2) is 9.94. The van der Waals surface area contributed by atoms with Gasteiger partial charge in [-0.05, 0) is 61.2 Å². The van der Waals surface area contributed by atoms with Crippen molar-refractivity contribution in [2.75, 3.05) is 24.7 Å². The van der Waals surface area contributed by atoms with Gasteiger partial charge in [0, 0.05) is 40.4 Å². The molecule has 0 bridgehead atoms. The van der Waals surface area contributed by atoms with Gasteiger partial charge in [0.15, 0.2) is 9.84 Å². The Labute approximate surface area is 193 Å². The number of nitrogens with zero attached hydrogens (tertiary/aromatic N) is 1. The lowest BCUT2D eigenvalue weighted by atomic mass is 10.1. The van der Waals surface area contributed by atoms with E-state index in [-0.39, 0.29) is 29.6 Å². The van der Waals surface area contributed by atoms with Gasteiger partial charge in [0.05, 0.1) is 17.6 Å². The van der Waals surface area contributed by atoms with Crippen LogP contribution >= 0.6 is 23.4 Å². The molecule has 0 radical (unpaired) electrons. The number of sulfone groups is 1. The van der Waals surface area contributed by atoms with Gasteiger partial charge in [-0.25, -0.2) is 8.42 Å². The molecular weight excluding hydrogens is 454 g/mol. The minimum Gasteiger partial charge on any atom is -0.376 e. The zero-order valence-electron chi connectivity index (χ0n) is 17.2. The van der Waals surface area contributed by atoms with E-state index in [0.717, 1.165) is 34.1 Å². The highest BCUT2D eigenvalue weighted by Crippen LogP contribution is 2.26. The molecule has 4 rings (SSSR count). The van der Waals surface area contributed by atoms with Crippen LogP contribution in [0.5, 0.6) is 0 Å². The maximum Gasteiger partial charge on any atom is 0.254 e. The van der Waals surface area contributed by atoms with Crippen molar-refractivity contribution < 1.29 is 17.9 Å². The first-order chi connectivity index (χ1) is 14.9. The van der Waals surface area contributed by atoms with Crippen LogP contribution in [-0.2, 0) is 20.3 Å². The Bertz CT molecular complexity index is 1000. The number of thioether (sulfide) groups is 1. The van der Waals surface area contributed by atoms with Gasteiger partial charge < -0.3 is 9.64 Å². The zero-order valence-corrected chi connectivity index (χ0v) is 19.6. The summed E-state index contributed by atoms with van der Waals surface area (Å²) < 4.78 is 29.8. The molecule has 2 aromatic carbocycles. The number of hydrogen-bond donors (Lipinski definition) is 0. The first kappa shape index (κ1) is 22.6. The van der Waals surface area contributed by atoms with Crippen molar-refractivity contribution >= 4 is 39.1 Å². The van der Waals surface area contributed by atoms with Crippen LogP contribution < -0.4 is 0 Å². The maximum atomic E-state index is 13.3. The number of hydrogen-bond acceptors (Lipinski definition) is 5. The summed E-state index contributed by atoms with van der Waals surface area (Å²) in [6.07, 6.45) is 2.37. The second-order valence-electron chi connectivity index (χ2n) is 8.09. The van der Waals surface area contributed by atoms with E-state index < -0.39 is 9.84 Å². The van der Waals surface area contributed by atoms with Crippen LogP contribution in [0, 0.1) is 0 Å². The number of carbonyl (C=O) groups excluding carboxylic acids is 1. The summed E-state index contributed by atoms with van der Waals surface area (Å²) in [7, 11) is -3.08. The predicted octanol–water partition coefficient (Wildman–Crippen LogP) is 4.44. The molecule has 0 saturated carbocycles. The van der Waals surface area contributed by atoms with E-state index >= 15 is 0 Å². The molecule has 31 heavy (non-hydrogen) atoms. The summed E-state index contributed by atoms with van der Waals surface area (Å²) in [4.78, 5) is 16.2. The van der Waals surface area contributed by atoms with E-state index in [0.29, 0.717) is 25.1 Å². The van der Waals surface area contributed by atoms with E-state index in [4.69, 9.17) is 16.3 Å². The highest BCUT2D eigenvalue weighted by atomic mass is 35.5. The van der Waals surface area contributed by atoms with Gasteiger partial charge in [-0.3, -0.25) is 4.79 Å². The van der Waals surface area contributed by atoms with Crippen LogP contribution in [0.2, 0.25) is 5.02 Å². The minimum atomic E-state index is -3.08. The number of benzene rings is 2. The Kier molecular flexibility index (Phi) is 7.26. The summed E-state index contributed by atoms with van der Waals surface area (Å²) in [5, 5.41) is 0.717. The molecule has 166 valence electrons. The number of ether oxygens (including phenoxy) is 1. The molecule has 8 heteroatoms. The minimum absolute atomic E-state index is 0.0118. The maximum absolute atomic E-state index is 13.3. The highest BCUT2D eigenvalue weighted by molar-refractivity contribution is 7.98. The fourth-order valence-corrected chi connectivity index (χ4v) is 6.74. The summed E-state index contributed by atoms with van der Waals surface area (Å²) >= 11 is 7.64. The van der Waals surface area contributed by atoms with Gasteiger partial charge in [-0.1, -0.05) is 23.7 Å². The number of carbonyl (C=O) groups is 1. The molecule has 2 heterocycles. The summed E-state index contributed by atoms with van der Waals surface area (Å²) in [5.41, 5.74) is 1.70. The Morgan fingerprint density at radius 2 is 1.84 bits per heavy atom. The second-order valence-corrected chi connectivity index (χ2v) is 11.8. The third kappa shape index (κ3) is 6.04. The van der Waals surface area contributed by atoms with Gasteiger partial charge in [0.25, 0.3) is 5.91 Å². The van der Waals surface area contributed by atoms with Gasteiger partial charge in [0.1, 0.15) is 0 Å². The molecule has 2 aliphatic heterocycles. The van der Waals surface area contributed by atoms with Crippen molar-refractivity contribution in [1.29, 1.82) is 0 Å². The topological polar surface area (TPSA) is 63.7 Å². The van der Waals surface area contributed by atoms with Crippen LogP contribution in [0.1, 0.15) is 35.2 Å². The van der Waals surface area contributed by atoms with Crippen LogP contribution in [0.4, 0.5) is 0 Å². The zero-order chi connectivity index (χ0) is 21.8. The molecule has 2 atom stereocenters. The molecule has 2 fully saturated rings. The molecule has 0 aromatic heterocycles. The van der Waals surface area contributed by atoms with Gasteiger partial charge >= 0.3 is 0 Å². The fraction of sp³-hybridized carbons (Fsp3) is 0.435. The van der Waals surface area contributed by atoms with Crippen molar-refractivity contribution in [2.24, 2.45) is 0 Å². The quantitative estimate of drug-likeness (QED) is 0.549. The van der Waals surface area contributed by atoms with Gasteiger partial charge in [0.2, 0.25) is 0 Å². The molecule has 0 N–H and O–H groups in total. The largest absolute Gasteiger partial charge is 0.376 e.